The highest BCUT2D eigenvalue weighted by Gasteiger charge is 2.48. The Morgan fingerprint density at radius 3 is 2.37 bits per heavy atom. The number of aromatic nitrogens is 1. The fourth-order valence-corrected chi connectivity index (χ4v) is 3.68. The Morgan fingerprint density at radius 1 is 1.07 bits per heavy atom. The molecular weight excluding hydrogens is 460 g/mol. The van der Waals surface area contributed by atoms with Crippen LogP contribution < -0.4 is 4.18 Å². The van der Waals surface area contributed by atoms with Gasteiger partial charge in [-0.1, -0.05) is 6.92 Å². The second kappa shape index (κ2) is 7.69. The third-order valence-corrected chi connectivity index (χ3v) is 5.60. The molecule has 0 atom stereocenters. The Labute approximate surface area is 170 Å². The number of halogens is 6. The molecule has 0 aliphatic carbocycles. The van der Waals surface area contributed by atoms with Crippen molar-refractivity contribution in [2.45, 2.75) is 23.5 Å². The van der Waals surface area contributed by atoms with Gasteiger partial charge in [-0.2, -0.15) is 34.8 Å². The highest BCUT2D eigenvalue weighted by atomic mass is 32.2. The summed E-state index contributed by atoms with van der Waals surface area (Å²) in [5.74, 6) is -0.261. The van der Waals surface area contributed by atoms with Crippen molar-refractivity contribution < 1.29 is 43.4 Å². The lowest BCUT2D eigenvalue weighted by Crippen LogP contribution is -2.28. The number of rotatable bonds is 5. The van der Waals surface area contributed by atoms with Crippen molar-refractivity contribution in [2.24, 2.45) is 0 Å². The molecule has 3 aromatic rings. The van der Waals surface area contributed by atoms with E-state index in [1.165, 1.54) is 6.07 Å². The second-order valence-electron chi connectivity index (χ2n) is 5.77. The highest BCUT2D eigenvalue weighted by molar-refractivity contribution is 7.99. The number of alkyl halides is 6. The number of benzene rings is 2. The summed E-state index contributed by atoms with van der Waals surface area (Å²) >= 11 is 1.12. The van der Waals surface area contributed by atoms with Crippen LogP contribution in [0.2, 0.25) is 0 Å². The van der Waals surface area contributed by atoms with Gasteiger partial charge in [0.2, 0.25) is 5.89 Å². The minimum absolute atomic E-state index is 0.0350. The summed E-state index contributed by atoms with van der Waals surface area (Å²) in [4.78, 5) is 4.30. The van der Waals surface area contributed by atoms with Crippen LogP contribution in [0.4, 0.5) is 26.3 Å². The summed E-state index contributed by atoms with van der Waals surface area (Å²) < 4.78 is 108. The molecular formula is C17H11F6NO4S2. The molecule has 0 amide bonds. The summed E-state index contributed by atoms with van der Waals surface area (Å²) in [5.41, 5.74) is -6.17. The molecule has 1 heterocycles. The number of hydrogen-bond acceptors (Lipinski definition) is 6. The predicted molar refractivity (Wildman–Crippen MR) is 96.4 cm³/mol. The molecule has 0 bridgehead atoms. The van der Waals surface area contributed by atoms with Crippen molar-refractivity contribution in [3.8, 4) is 17.2 Å². The smallest absolute Gasteiger partial charge is 0.436 e. The molecule has 0 spiro atoms. The Bertz CT molecular complexity index is 1190. The first-order valence-corrected chi connectivity index (χ1v) is 10.5. The molecule has 3 rings (SSSR count). The van der Waals surface area contributed by atoms with Gasteiger partial charge in [0.05, 0.1) is 11.1 Å². The number of thioether (sulfide) groups is 1. The van der Waals surface area contributed by atoms with Crippen molar-refractivity contribution in [1.29, 1.82) is 0 Å². The minimum atomic E-state index is -5.87. The highest BCUT2D eigenvalue weighted by Crippen LogP contribution is 2.38. The Kier molecular flexibility index (Phi) is 5.71. The fourth-order valence-electron chi connectivity index (χ4n) is 2.40. The molecule has 1 aromatic heterocycles. The normalized spacial score (nSPS) is 13.0. The van der Waals surface area contributed by atoms with Crippen LogP contribution in [0, 0.1) is 0 Å². The van der Waals surface area contributed by atoms with Crippen LogP contribution in [-0.4, -0.2) is 24.7 Å². The first-order valence-electron chi connectivity index (χ1n) is 8.07. The van der Waals surface area contributed by atoms with Crippen LogP contribution >= 0.6 is 11.8 Å². The van der Waals surface area contributed by atoms with Crippen molar-refractivity contribution in [1.82, 2.24) is 4.98 Å². The zero-order valence-corrected chi connectivity index (χ0v) is 16.5. The molecule has 0 saturated heterocycles. The van der Waals surface area contributed by atoms with E-state index in [0.29, 0.717) is 5.75 Å². The van der Waals surface area contributed by atoms with Gasteiger partial charge in [0.1, 0.15) is 11.3 Å². The third-order valence-electron chi connectivity index (χ3n) is 3.69. The van der Waals surface area contributed by atoms with Crippen molar-refractivity contribution >= 4 is 33.0 Å². The van der Waals surface area contributed by atoms with Gasteiger partial charge in [0, 0.05) is 11.0 Å². The summed E-state index contributed by atoms with van der Waals surface area (Å²) in [5, 5.41) is 0. The number of nitrogens with zero attached hydrogens (tertiary/aromatic N) is 1. The van der Waals surface area contributed by atoms with E-state index >= 15 is 0 Å². The van der Waals surface area contributed by atoms with E-state index in [1.54, 1.807) is 6.92 Å². The van der Waals surface area contributed by atoms with Crippen LogP contribution in [0.3, 0.4) is 0 Å². The van der Waals surface area contributed by atoms with Gasteiger partial charge in [-0.15, -0.1) is 11.8 Å². The van der Waals surface area contributed by atoms with E-state index in [-0.39, 0.29) is 27.4 Å². The van der Waals surface area contributed by atoms with Crippen LogP contribution in [-0.2, 0) is 16.3 Å². The van der Waals surface area contributed by atoms with Gasteiger partial charge in [-0.25, -0.2) is 4.98 Å². The maximum Gasteiger partial charge on any atom is 0.534 e. The van der Waals surface area contributed by atoms with Crippen molar-refractivity contribution in [3.63, 3.8) is 0 Å². The van der Waals surface area contributed by atoms with Gasteiger partial charge in [0.15, 0.2) is 5.58 Å². The van der Waals surface area contributed by atoms with E-state index in [4.69, 9.17) is 4.42 Å². The van der Waals surface area contributed by atoms with E-state index in [9.17, 15) is 34.8 Å². The molecule has 0 radical (unpaired) electrons. The van der Waals surface area contributed by atoms with E-state index in [2.05, 4.69) is 9.17 Å². The number of hydrogen-bond donors (Lipinski definition) is 0. The van der Waals surface area contributed by atoms with Crippen LogP contribution in [0.25, 0.3) is 22.6 Å². The standard InChI is InChI=1S/C17H11F6NO4S2/c1-2-29-14-7-9(16(18,19)20)3-5-11(14)15-24-12-8-10(4-6-13(12)27-15)28-30(25,26)17(21,22)23/h3-8H,2H2,1H3. The Morgan fingerprint density at radius 2 is 1.77 bits per heavy atom. The third kappa shape index (κ3) is 4.51. The van der Waals surface area contributed by atoms with E-state index in [0.717, 1.165) is 42.1 Å². The van der Waals surface area contributed by atoms with Gasteiger partial charge in [-0.05, 0) is 36.1 Å². The zero-order valence-electron chi connectivity index (χ0n) is 14.8. The quantitative estimate of drug-likeness (QED) is 0.201. The molecule has 2 aromatic carbocycles. The van der Waals surface area contributed by atoms with Crippen molar-refractivity contribution in [2.75, 3.05) is 5.75 Å². The SMILES string of the molecule is CCSc1cc(C(F)(F)F)ccc1-c1nc2cc(OS(=O)(=O)C(F)(F)F)ccc2o1. The topological polar surface area (TPSA) is 69.4 Å². The molecule has 0 fully saturated rings. The van der Waals surface area contributed by atoms with Gasteiger partial charge >= 0.3 is 21.8 Å². The summed E-state index contributed by atoms with van der Waals surface area (Å²) in [6.45, 7) is 1.74. The molecule has 13 heteroatoms. The maximum absolute atomic E-state index is 13.0. The average molecular weight is 471 g/mol. The lowest BCUT2D eigenvalue weighted by Gasteiger charge is -2.11. The Balaban J connectivity index is 2.02. The molecule has 0 unspecified atom stereocenters. The largest absolute Gasteiger partial charge is 0.534 e. The Hall–Kier alpha value is -2.41. The van der Waals surface area contributed by atoms with E-state index < -0.39 is 33.1 Å². The number of fused-ring (bicyclic) bond motifs is 1. The molecule has 0 N–H and O–H groups in total. The average Bonchev–Trinajstić information content (AvgIpc) is 3.03. The molecule has 162 valence electrons. The molecule has 0 saturated carbocycles. The van der Waals surface area contributed by atoms with Crippen molar-refractivity contribution in [3.05, 3.63) is 42.0 Å². The van der Waals surface area contributed by atoms with Gasteiger partial charge < -0.3 is 8.60 Å². The maximum atomic E-state index is 13.0. The van der Waals surface area contributed by atoms with Crippen LogP contribution in [0.15, 0.2) is 45.7 Å². The van der Waals surface area contributed by atoms with Gasteiger partial charge in [0.25, 0.3) is 0 Å². The monoisotopic (exact) mass is 471 g/mol. The first-order chi connectivity index (χ1) is 13.8. The van der Waals surface area contributed by atoms with Crippen LogP contribution in [0.5, 0.6) is 5.75 Å². The molecule has 30 heavy (non-hydrogen) atoms. The van der Waals surface area contributed by atoms with E-state index in [1.807, 2.05) is 0 Å². The lowest BCUT2D eigenvalue weighted by molar-refractivity contribution is -0.137. The fraction of sp³-hybridized carbons (Fsp3) is 0.235. The summed E-state index contributed by atoms with van der Waals surface area (Å²) in [7, 11) is -5.87. The van der Waals surface area contributed by atoms with Crippen LogP contribution in [0.1, 0.15) is 12.5 Å². The molecule has 5 nitrogen and oxygen atoms in total. The minimum Gasteiger partial charge on any atom is -0.436 e. The molecule has 0 aliphatic rings. The predicted octanol–water partition coefficient (Wildman–Crippen LogP) is 5.85. The second-order valence-corrected chi connectivity index (χ2v) is 8.62. The molecule has 0 aliphatic heterocycles. The zero-order chi connectivity index (χ0) is 22.3. The number of oxazole rings is 1. The summed E-state index contributed by atoms with van der Waals surface area (Å²) in [6, 6.07) is 5.98. The first kappa shape index (κ1) is 22.3. The summed E-state index contributed by atoms with van der Waals surface area (Å²) in [6.07, 6.45) is -4.54. The lowest BCUT2D eigenvalue weighted by atomic mass is 10.1. The van der Waals surface area contributed by atoms with Gasteiger partial charge in [-0.3, -0.25) is 0 Å².